The standard InChI is InChI=1S/C14H14N2O3/c1-9-5-6-15-7-10(9)8-16-14(19)13-11(17)3-2-4-12(13)18/h2-7,17-18H,8H2,1H3,(H,16,19). The fourth-order valence-electron chi connectivity index (χ4n) is 1.71. The van der Waals surface area contributed by atoms with E-state index in [1.165, 1.54) is 18.2 Å². The fourth-order valence-corrected chi connectivity index (χ4v) is 1.71. The third-order valence-electron chi connectivity index (χ3n) is 2.83. The summed E-state index contributed by atoms with van der Waals surface area (Å²) >= 11 is 0. The van der Waals surface area contributed by atoms with Crippen molar-refractivity contribution in [1.29, 1.82) is 0 Å². The second-order valence-corrected chi connectivity index (χ2v) is 4.16. The van der Waals surface area contributed by atoms with Gasteiger partial charge in [-0.1, -0.05) is 6.07 Å². The van der Waals surface area contributed by atoms with Gasteiger partial charge in [-0.15, -0.1) is 0 Å². The number of aromatic hydroxyl groups is 2. The molecule has 0 saturated carbocycles. The van der Waals surface area contributed by atoms with Crippen molar-refractivity contribution in [2.75, 3.05) is 0 Å². The van der Waals surface area contributed by atoms with Gasteiger partial charge in [0, 0.05) is 18.9 Å². The van der Waals surface area contributed by atoms with E-state index < -0.39 is 5.91 Å². The number of amides is 1. The Labute approximate surface area is 110 Å². The van der Waals surface area contributed by atoms with Crippen LogP contribution in [0.3, 0.4) is 0 Å². The summed E-state index contributed by atoms with van der Waals surface area (Å²) in [6, 6.07) is 6.01. The largest absolute Gasteiger partial charge is 0.507 e. The van der Waals surface area contributed by atoms with Crippen molar-refractivity contribution in [2.24, 2.45) is 0 Å². The molecule has 19 heavy (non-hydrogen) atoms. The van der Waals surface area contributed by atoms with Crippen LogP contribution in [0, 0.1) is 6.92 Å². The summed E-state index contributed by atoms with van der Waals surface area (Å²) in [4.78, 5) is 15.9. The van der Waals surface area contributed by atoms with Gasteiger partial charge in [-0.25, -0.2) is 0 Å². The predicted molar refractivity (Wildman–Crippen MR) is 69.9 cm³/mol. The molecule has 0 unspecified atom stereocenters. The lowest BCUT2D eigenvalue weighted by molar-refractivity contribution is 0.0945. The van der Waals surface area contributed by atoms with Gasteiger partial charge in [-0.2, -0.15) is 0 Å². The molecule has 3 N–H and O–H groups in total. The molecule has 98 valence electrons. The highest BCUT2D eigenvalue weighted by atomic mass is 16.3. The molecular weight excluding hydrogens is 244 g/mol. The Hall–Kier alpha value is -2.56. The minimum absolute atomic E-state index is 0.121. The topological polar surface area (TPSA) is 82.5 Å². The molecular formula is C14H14N2O3. The van der Waals surface area contributed by atoms with Gasteiger partial charge in [-0.05, 0) is 36.2 Å². The van der Waals surface area contributed by atoms with E-state index in [0.717, 1.165) is 11.1 Å². The molecule has 1 amide bonds. The number of benzene rings is 1. The van der Waals surface area contributed by atoms with E-state index in [1.54, 1.807) is 12.4 Å². The minimum Gasteiger partial charge on any atom is -0.507 e. The van der Waals surface area contributed by atoms with Gasteiger partial charge in [0.15, 0.2) is 0 Å². The third-order valence-corrected chi connectivity index (χ3v) is 2.83. The maximum Gasteiger partial charge on any atom is 0.259 e. The van der Waals surface area contributed by atoms with Crippen LogP contribution in [0.25, 0.3) is 0 Å². The van der Waals surface area contributed by atoms with Crippen molar-refractivity contribution in [1.82, 2.24) is 10.3 Å². The average molecular weight is 258 g/mol. The lowest BCUT2D eigenvalue weighted by atomic mass is 10.1. The van der Waals surface area contributed by atoms with E-state index in [0.29, 0.717) is 0 Å². The number of carbonyl (C=O) groups excluding carboxylic acids is 1. The van der Waals surface area contributed by atoms with E-state index >= 15 is 0 Å². The van der Waals surface area contributed by atoms with Crippen molar-refractivity contribution >= 4 is 5.91 Å². The SMILES string of the molecule is Cc1ccncc1CNC(=O)c1c(O)cccc1O. The molecule has 0 atom stereocenters. The molecule has 0 aliphatic rings. The number of rotatable bonds is 3. The van der Waals surface area contributed by atoms with Crippen molar-refractivity contribution in [3.05, 3.63) is 53.3 Å². The second kappa shape index (κ2) is 5.39. The number of phenols is 2. The Morgan fingerprint density at radius 3 is 2.58 bits per heavy atom. The highest BCUT2D eigenvalue weighted by molar-refractivity contribution is 5.99. The predicted octanol–water partition coefficient (Wildman–Crippen LogP) is 1.73. The zero-order valence-electron chi connectivity index (χ0n) is 10.4. The quantitative estimate of drug-likeness (QED) is 0.783. The number of carbonyl (C=O) groups is 1. The smallest absolute Gasteiger partial charge is 0.259 e. The van der Waals surface area contributed by atoms with Crippen LogP contribution in [0.15, 0.2) is 36.7 Å². The zero-order valence-corrected chi connectivity index (χ0v) is 10.4. The summed E-state index contributed by atoms with van der Waals surface area (Å²) in [6.07, 6.45) is 3.34. The van der Waals surface area contributed by atoms with Crippen LogP contribution in [0.5, 0.6) is 11.5 Å². The Morgan fingerprint density at radius 1 is 1.26 bits per heavy atom. The van der Waals surface area contributed by atoms with E-state index in [9.17, 15) is 15.0 Å². The molecule has 5 heteroatoms. The zero-order chi connectivity index (χ0) is 13.8. The van der Waals surface area contributed by atoms with E-state index in [-0.39, 0.29) is 23.6 Å². The van der Waals surface area contributed by atoms with Crippen LogP contribution in [-0.4, -0.2) is 21.1 Å². The lowest BCUT2D eigenvalue weighted by Gasteiger charge is -2.09. The normalized spacial score (nSPS) is 10.2. The van der Waals surface area contributed by atoms with Crippen LogP contribution in [0.1, 0.15) is 21.5 Å². The molecule has 0 aliphatic carbocycles. The number of pyridine rings is 1. The maximum atomic E-state index is 11.9. The number of phenolic OH excluding ortho intramolecular Hbond substituents is 2. The number of hydrogen-bond acceptors (Lipinski definition) is 4. The Morgan fingerprint density at radius 2 is 1.95 bits per heavy atom. The Balaban J connectivity index is 2.13. The van der Waals surface area contributed by atoms with Gasteiger partial charge >= 0.3 is 0 Å². The summed E-state index contributed by atoms with van der Waals surface area (Å²) in [7, 11) is 0. The van der Waals surface area contributed by atoms with Crippen LogP contribution in [0.4, 0.5) is 0 Å². The summed E-state index contributed by atoms with van der Waals surface area (Å²) in [5.41, 5.74) is 1.77. The van der Waals surface area contributed by atoms with E-state index in [2.05, 4.69) is 10.3 Å². The van der Waals surface area contributed by atoms with E-state index in [1.807, 2.05) is 13.0 Å². The lowest BCUT2D eigenvalue weighted by Crippen LogP contribution is -2.23. The van der Waals surface area contributed by atoms with Crippen molar-refractivity contribution < 1.29 is 15.0 Å². The van der Waals surface area contributed by atoms with Crippen LogP contribution in [0.2, 0.25) is 0 Å². The number of nitrogens with zero attached hydrogens (tertiary/aromatic N) is 1. The molecule has 1 aromatic heterocycles. The highest BCUT2D eigenvalue weighted by Gasteiger charge is 2.15. The summed E-state index contributed by atoms with van der Waals surface area (Å²) in [5.74, 6) is -1.03. The highest BCUT2D eigenvalue weighted by Crippen LogP contribution is 2.25. The first-order chi connectivity index (χ1) is 9.09. The Bertz CT molecular complexity index is 591. The molecule has 0 radical (unpaired) electrons. The molecule has 5 nitrogen and oxygen atoms in total. The van der Waals surface area contributed by atoms with Gasteiger partial charge in [0.2, 0.25) is 0 Å². The monoisotopic (exact) mass is 258 g/mol. The second-order valence-electron chi connectivity index (χ2n) is 4.16. The van der Waals surface area contributed by atoms with Crippen molar-refractivity contribution in [2.45, 2.75) is 13.5 Å². The van der Waals surface area contributed by atoms with Gasteiger partial charge in [0.1, 0.15) is 17.1 Å². The average Bonchev–Trinajstić information content (AvgIpc) is 2.37. The summed E-state index contributed by atoms with van der Waals surface area (Å²) in [5, 5.41) is 21.8. The molecule has 2 aromatic rings. The van der Waals surface area contributed by atoms with Gasteiger partial charge < -0.3 is 15.5 Å². The molecule has 0 aliphatic heterocycles. The fraction of sp³-hybridized carbons (Fsp3) is 0.143. The molecule has 0 bridgehead atoms. The number of hydrogen-bond donors (Lipinski definition) is 3. The molecule has 0 saturated heterocycles. The van der Waals surface area contributed by atoms with E-state index in [4.69, 9.17) is 0 Å². The van der Waals surface area contributed by atoms with Gasteiger partial charge in [-0.3, -0.25) is 9.78 Å². The molecule has 0 spiro atoms. The van der Waals surface area contributed by atoms with Crippen LogP contribution >= 0.6 is 0 Å². The first-order valence-electron chi connectivity index (χ1n) is 5.78. The summed E-state index contributed by atoms with van der Waals surface area (Å²) in [6.45, 7) is 2.20. The maximum absolute atomic E-state index is 11.9. The van der Waals surface area contributed by atoms with Crippen molar-refractivity contribution in [3.8, 4) is 11.5 Å². The first kappa shape index (κ1) is 12.9. The molecule has 1 aromatic carbocycles. The molecule has 2 rings (SSSR count). The third kappa shape index (κ3) is 2.82. The minimum atomic E-state index is -0.529. The van der Waals surface area contributed by atoms with Gasteiger partial charge in [0.25, 0.3) is 5.91 Å². The number of aromatic nitrogens is 1. The van der Waals surface area contributed by atoms with Crippen molar-refractivity contribution in [3.63, 3.8) is 0 Å². The number of aryl methyl sites for hydroxylation is 1. The van der Waals surface area contributed by atoms with Gasteiger partial charge in [0.05, 0.1) is 0 Å². The van der Waals surface area contributed by atoms with Crippen LogP contribution < -0.4 is 5.32 Å². The summed E-state index contributed by atoms with van der Waals surface area (Å²) < 4.78 is 0. The Kier molecular flexibility index (Phi) is 3.66. The molecule has 1 heterocycles. The number of nitrogens with one attached hydrogen (secondary N) is 1. The molecule has 0 fully saturated rings. The first-order valence-corrected chi connectivity index (χ1v) is 5.78. The van der Waals surface area contributed by atoms with Crippen LogP contribution in [-0.2, 0) is 6.54 Å².